The zero-order valence-electron chi connectivity index (χ0n) is 13.0. The van der Waals surface area contributed by atoms with Crippen LogP contribution in [0.1, 0.15) is 32.7 Å². The standard InChI is InChI=1S/C17H20N2O2S/c1-11-7-12(2)19-17(21)15(11)9-18-16(20)14-6-4-5-13(8-14)10-22-3/h4-8H,9-10H2,1-3H3,(H,18,20)(H,19,21). The van der Waals surface area contributed by atoms with Crippen LogP contribution < -0.4 is 10.9 Å². The number of thioether (sulfide) groups is 1. The first-order valence-electron chi connectivity index (χ1n) is 7.06. The maximum Gasteiger partial charge on any atom is 0.253 e. The summed E-state index contributed by atoms with van der Waals surface area (Å²) in [7, 11) is 0. The minimum atomic E-state index is -0.165. The number of hydrogen-bond donors (Lipinski definition) is 2. The number of carbonyl (C=O) groups is 1. The molecule has 0 spiro atoms. The lowest BCUT2D eigenvalue weighted by Gasteiger charge is -2.09. The summed E-state index contributed by atoms with van der Waals surface area (Å²) in [5, 5.41) is 2.82. The first kappa shape index (κ1) is 16.4. The highest BCUT2D eigenvalue weighted by Gasteiger charge is 2.09. The fraction of sp³-hybridized carbons (Fsp3) is 0.294. The largest absolute Gasteiger partial charge is 0.348 e. The maximum absolute atomic E-state index is 12.2. The summed E-state index contributed by atoms with van der Waals surface area (Å²) in [5.41, 5.74) is 3.89. The van der Waals surface area contributed by atoms with E-state index in [1.54, 1.807) is 17.8 Å². The third-order valence-corrected chi connectivity index (χ3v) is 4.04. The van der Waals surface area contributed by atoms with Crippen molar-refractivity contribution in [1.29, 1.82) is 0 Å². The maximum atomic E-state index is 12.2. The van der Waals surface area contributed by atoms with Gasteiger partial charge in [0.2, 0.25) is 0 Å². The summed E-state index contributed by atoms with van der Waals surface area (Å²) in [4.78, 5) is 26.9. The summed E-state index contributed by atoms with van der Waals surface area (Å²) >= 11 is 1.71. The molecule has 116 valence electrons. The molecule has 1 aromatic carbocycles. The number of nitrogens with one attached hydrogen (secondary N) is 2. The van der Waals surface area contributed by atoms with Crippen molar-refractivity contribution < 1.29 is 4.79 Å². The van der Waals surface area contributed by atoms with Crippen LogP contribution in [-0.2, 0) is 12.3 Å². The molecule has 0 aliphatic rings. The topological polar surface area (TPSA) is 62.0 Å². The number of hydrogen-bond acceptors (Lipinski definition) is 3. The Hall–Kier alpha value is -2.01. The van der Waals surface area contributed by atoms with Gasteiger partial charge in [-0.25, -0.2) is 0 Å². The van der Waals surface area contributed by atoms with Crippen molar-refractivity contribution in [3.8, 4) is 0 Å². The van der Waals surface area contributed by atoms with E-state index < -0.39 is 0 Å². The first-order valence-corrected chi connectivity index (χ1v) is 8.46. The van der Waals surface area contributed by atoms with Gasteiger partial charge in [-0.05, 0) is 49.4 Å². The van der Waals surface area contributed by atoms with Crippen LogP contribution in [0, 0.1) is 13.8 Å². The van der Waals surface area contributed by atoms with Crippen molar-refractivity contribution in [2.75, 3.05) is 6.26 Å². The van der Waals surface area contributed by atoms with E-state index in [0.29, 0.717) is 11.1 Å². The smallest absolute Gasteiger partial charge is 0.253 e. The number of H-pyrrole nitrogens is 1. The summed E-state index contributed by atoms with van der Waals surface area (Å²) < 4.78 is 0. The number of pyridine rings is 1. The van der Waals surface area contributed by atoms with E-state index >= 15 is 0 Å². The Labute approximate surface area is 134 Å². The van der Waals surface area contributed by atoms with Gasteiger partial charge in [-0.2, -0.15) is 11.8 Å². The Morgan fingerprint density at radius 1 is 1.27 bits per heavy atom. The van der Waals surface area contributed by atoms with E-state index in [0.717, 1.165) is 22.6 Å². The lowest BCUT2D eigenvalue weighted by Crippen LogP contribution is -2.28. The van der Waals surface area contributed by atoms with Crippen LogP contribution in [0.3, 0.4) is 0 Å². The number of aromatic amines is 1. The minimum Gasteiger partial charge on any atom is -0.348 e. The van der Waals surface area contributed by atoms with Crippen molar-refractivity contribution in [1.82, 2.24) is 10.3 Å². The number of aryl methyl sites for hydroxylation is 2. The van der Waals surface area contributed by atoms with Crippen LogP contribution in [0.15, 0.2) is 35.1 Å². The van der Waals surface area contributed by atoms with Crippen molar-refractivity contribution in [2.45, 2.75) is 26.1 Å². The van der Waals surface area contributed by atoms with Gasteiger partial charge in [-0.3, -0.25) is 9.59 Å². The molecule has 0 aliphatic heterocycles. The van der Waals surface area contributed by atoms with E-state index in [1.807, 2.05) is 44.4 Å². The van der Waals surface area contributed by atoms with Gasteiger partial charge in [0.05, 0.1) is 0 Å². The molecule has 1 aromatic heterocycles. The zero-order chi connectivity index (χ0) is 16.1. The molecule has 1 heterocycles. The molecule has 4 nitrogen and oxygen atoms in total. The van der Waals surface area contributed by atoms with E-state index in [9.17, 15) is 9.59 Å². The second-order valence-electron chi connectivity index (χ2n) is 5.26. The number of aromatic nitrogens is 1. The van der Waals surface area contributed by atoms with Crippen LogP contribution in [-0.4, -0.2) is 17.1 Å². The molecule has 0 aliphatic carbocycles. The number of amides is 1. The van der Waals surface area contributed by atoms with Gasteiger partial charge in [0, 0.05) is 29.1 Å². The average molecular weight is 316 g/mol. The van der Waals surface area contributed by atoms with E-state index in [2.05, 4.69) is 10.3 Å². The Morgan fingerprint density at radius 2 is 2.05 bits per heavy atom. The molecule has 5 heteroatoms. The van der Waals surface area contributed by atoms with Crippen LogP contribution >= 0.6 is 11.8 Å². The van der Waals surface area contributed by atoms with E-state index in [4.69, 9.17) is 0 Å². The lowest BCUT2D eigenvalue weighted by atomic mass is 10.1. The van der Waals surface area contributed by atoms with Gasteiger partial charge in [-0.1, -0.05) is 12.1 Å². The average Bonchev–Trinajstić information content (AvgIpc) is 2.46. The van der Waals surface area contributed by atoms with Crippen molar-refractivity contribution in [3.05, 3.63) is 68.6 Å². The van der Waals surface area contributed by atoms with Crippen molar-refractivity contribution in [2.24, 2.45) is 0 Å². The van der Waals surface area contributed by atoms with E-state index in [1.165, 1.54) is 0 Å². The van der Waals surface area contributed by atoms with Gasteiger partial charge in [0.15, 0.2) is 0 Å². The second-order valence-corrected chi connectivity index (χ2v) is 6.13. The predicted molar refractivity (Wildman–Crippen MR) is 91.4 cm³/mol. The highest BCUT2D eigenvalue weighted by molar-refractivity contribution is 7.97. The molecule has 0 saturated carbocycles. The molecule has 0 fully saturated rings. The molecule has 0 radical (unpaired) electrons. The van der Waals surface area contributed by atoms with E-state index in [-0.39, 0.29) is 18.0 Å². The molecule has 0 unspecified atom stereocenters. The monoisotopic (exact) mass is 316 g/mol. The molecular weight excluding hydrogens is 296 g/mol. The molecular formula is C17H20N2O2S. The first-order chi connectivity index (χ1) is 10.5. The van der Waals surface area contributed by atoms with Gasteiger partial charge >= 0.3 is 0 Å². The Kier molecular flexibility index (Phi) is 5.44. The number of rotatable bonds is 5. The third-order valence-electron chi connectivity index (χ3n) is 3.42. The van der Waals surface area contributed by atoms with Gasteiger partial charge in [-0.15, -0.1) is 0 Å². The molecule has 2 rings (SSSR count). The fourth-order valence-corrected chi connectivity index (χ4v) is 2.85. The van der Waals surface area contributed by atoms with Crippen LogP contribution in [0.25, 0.3) is 0 Å². The summed E-state index contributed by atoms with van der Waals surface area (Å²) in [5.74, 6) is 0.708. The summed E-state index contributed by atoms with van der Waals surface area (Å²) in [6.07, 6.45) is 2.03. The molecule has 1 amide bonds. The molecule has 2 aromatic rings. The Bertz CT molecular complexity index is 738. The Morgan fingerprint density at radius 3 is 2.73 bits per heavy atom. The van der Waals surface area contributed by atoms with Crippen LogP contribution in [0.2, 0.25) is 0 Å². The second kappa shape index (κ2) is 7.31. The SMILES string of the molecule is CSCc1cccc(C(=O)NCc2c(C)cc(C)[nH]c2=O)c1. The van der Waals surface area contributed by atoms with Gasteiger partial charge < -0.3 is 10.3 Å². The van der Waals surface area contributed by atoms with Crippen molar-refractivity contribution in [3.63, 3.8) is 0 Å². The van der Waals surface area contributed by atoms with Gasteiger partial charge in [0.25, 0.3) is 11.5 Å². The lowest BCUT2D eigenvalue weighted by molar-refractivity contribution is 0.0950. The summed E-state index contributed by atoms with van der Waals surface area (Å²) in [6.45, 7) is 3.95. The minimum absolute atomic E-state index is 0.145. The Balaban J connectivity index is 2.10. The fourth-order valence-electron chi connectivity index (χ4n) is 2.34. The number of benzene rings is 1. The number of carbonyl (C=O) groups excluding carboxylic acids is 1. The third kappa shape index (κ3) is 4.01. The quantitative estimate of drug-likeness (QED) is 0.891. The highest BCUT2D eigenvalue weighted by atomic mass is 32.2. The van der Waals surface area contributed by atoms with Gasteiger partial charge in [0.1, 0.15) is 0 Å². The predicted octanol–water partition coefficient (Wildman–Crippen LogP) is 2.78. The molecule has 2 N–H and O–H groups in total. The molecule has 0 saturated heterocycles. The summed E-state index contributed by atoms with van der Waals surface area (Å²) in [6, 6.07) is 9.46. The highest BCUT2D eigenvalue weighted by Crippen LogP contribution is 2.11. The van der Waals surface area contributed by atoms with Crippen LogP contribution in [0.4, 0.5) is 0 Å². The zero-order valence-corrected chi connectivity index (χ0v) is 13.8. The normalized spacial score (nSPS) is 10.5. The molecule has 22 heavy (non-hydrogen) atoms. The molecule has 0 atom stereocenters. The molecule has 0 bridgehead atoms. The van der Waals surface area contributed by atoms with Crippen LogP contribution in [0.5, 0.6) is 0 Å². The van der Waals surface area contributed by atoms with Crippen molar-refractivity contribution >= 4 is 17.7 Å².